The third kappa shape index (κ3) is 5.45. The molecule has 0 aromatic heterocycles. The smallest absolute Gasteiger partial charge is 0.315 e. The summed E-state index contributed by atoms with van der Waals surface area (Å²) in [6.45, 7) is 2.89. The molecule has 0 spiro atoms. The van der Waals surface area contributed by atoms with Crippen LogP contribution in [0.4, 0.5) is 4.79 Å². The molecule has 1 aliphatic carbocycles. The van der Waals surface area contributed by atoms with Crippen molar-refractivity contribution in [3.05, 3.63) is 35.4 Å². The van der Waals surface area contributed by atoms with Crippen molar-refractivity contribution < 1.29 is 4.79 Å². The van der Waals surface area contributed by atoms with Crippen LogP contribution in [-0.2, 0) is 5.75 Å². The average Bonchev–Trinajstić information content (AvgIpc) is 2.38. The summed E-state index contributed by atoms with van der Waals surface area (Å²) in [6.07, 6.45) is 4.55. The maximum Gasteiger partial charge on any atom is 0.315 e. The first-order valence-corrected chi connectivity index (χ1v) is 8.57. The van der Waals surface area contributed by atoms with Crippen LogP contribution in [0.5, 0.6) is 0 Å². The molecule has 3 nitrogen and oxygen atoms in total. The highest BCUT2D eigenvalue weighted by Gasteiger charge is 2.18. The predicted molar refractivity (Wildman–Crippen MR) is 86.1 cm³/mol. The van der Waals surface area contributed by atoms with Gasteiger partial charge in [0, 0.05) is 18.3 Å². The summed E-state index contributed by atoms with van der Waals surface area (Å²) in [5, 5.41) is 5.91. The Morgan fingerprint density at radius 3 is 2.95 bits per heavy atom. The van der Waals surface area contributed by atoms with E-state index in [1.54, 1.807) is 0 Å². The minimum Gasteiger partial charge on any atom is -0.338 e. The van der Waals surface area contributed by atoms with Crippen molar-refractivity contribution in [1.29, 1.82) is 0 Å². The van der Waals surface area contributed by atoms with E-state index in [-0.39, 0.29) is 6.03 Å². The minimum absolute atomic E-state index is 0.00150. The fraction of sp³-hybridized carbons (Fsp3) is 0.562. The largest absolute Gasteiger partial charge is 0.338 e. The van der Waals surface area contributed by atoms with E-state index < -0.39 is 0 Å². The Hall–Kier alpha value is -1.16. The molecule has 1 aliphatic rings. The van der Waals surface area contributed by atoms with Crippen LogP contribution in [0.25, 0.3) is 0 Å². The molecule has 1 fully saturated rings. The van der Waals surface area contributed by atoms with E-state index in [1.807, 2.05) is 11.8 Å². The highest BCUT2D eigenvalue weighted by Crippen LogP contribution is 2.17. The molecule has 0 radical (unpaired) electrons. The summed E-state index contributed by atoms with van der Waals surface area (Å²) in [4.78, 5) is 11.5. The average molecular weight is 292 g/mol. The number of carbonyl (C=O) groups is 1. The van der Waals surface area contributed by atoms with Crippen molar-refractivity contribution in [2.24, 2.45) is 0 Å². The highest BCUT2D eigenvalue weighted by atomic mass is 32.2. The van der Waals surface area contributed by atoms with Gasteiger partial charge in [0.25, 0.3) is 0 Å². The molecule has 0 heterocycles. The van der Waals surface area contributed by atoms with E-state index in [4.69, 9.17) is 0 Å². The maximum atomic E-state index is 11.5. The molecule has 1 aromatic rings. The first-order valence-electron chi connectivity index (χ1n) is 7.42. The highest BCUT2D eigenvalue weighted by molar-refractivity contribution is 7.98. The van der Waals surface area contributed by atoms with E-state index in [1.165, 1.54) is 17.5 Å². The lowest BCUT2D eigenvalue weighted by molar-refractivity contribution is 0.228. The molecular weight excluding hydrogens is 268 g/mol. The van der Waals surface area contributed by atoms with Crippen molar-refractivity contribution in [2.75, 3.05) is 12.3 Å². The van der Waals surface area contributed by atoms with Gasteiger partial charge in [-0.1, -0.05) is 29.8 Å². The Labute approximate surface area is 125 Å². The van der Waals surface area contributed by atoms with Crippen LogP contribution in [0, 0.1) is 6.92 Å². The number of rotatable bonds is 7. The van der Waals surface area contributed by atoms with Crippen LogP contribution in [0.1, 0.15) is 36.8 Å². The van der Waals surface area contributed by atoms with Crippen LogP contribution < -0.4 is 10.6 Å². The lowest BCUT2D eigenvalue weighted by atomic mass is 9.93. The monoisotopic (exact) mass is 292 g/mol. The second-order valence-corrected chi connectivity index (χ2v) is 6.53. The van der Waals surface area contributed by atoms with E-state index in [0.717, 1.165) is 37.3 Å². The first-order chi connectivity index (χ1) is 9.74. The second-order valence-electron chi connectivity index (χ2n) is 5.42. The third-order valence-corrected chi connectivity index (χ3v) is 4.66. The van der Waals surface area contributed by atoms with Gasteiger partial charge in [-0.3, -0.25) is 0 Å². The molecule has 2 N–H and O–H groups in total. The van der Waals surface area contributed by atoms with Gasteiger partial charge in [0.2, 0.25) is 0 Å². The zero-order valence-corrected chi connectivity index (χ0v) is 13.0. The Balaban J connectivity index is 1.48. The molecule has 2 rings (SSSR count). The van der Waals surface area contributed by atoms with Crippen molar-refractivity contribution in [3.63, 3.8) is 0 Å². The van der Waals surface area contributed by atoms with Gasteiger partial charge < -0.3 is 10.6 Å². The Bertz CT molecular complexity index is 432. The van der Waals surface area contributed by atoms with Crippen molar-refractivity contribution in [1.82, 2.24) is 10.6 Å². The van der Waals surface area contributed by atoms with Crippen LogP contribution >= 0.6 is 11.8 Å². The fourth-order valence-electron chi connectivity index (χ4n) is 2.16. The number of hydrogen-bond acceptors (Lipinski definition) is 2. The van der Waals surface area contributed by atoms with Gasteiger partial charge in [0.1, 0.15) is 0 Å². The summed E-state index contributed by atoms with van der Waals surface area (Å²) in [6, 6.07) is 9.06. The van der Waals surface area contributed by atoms with Gasteiger partial charge in [-0.25, -0.2) is 4.79 Å². The number of amides is 2. The molecule has 4 heteroatoms. The Morgan fingerprint density at radius 1 is 1.40 bits per heavy atom. The summed E-state index contributed by atoms with van der Waals surface area (Å²) in [7, 11) is 0. The first kappa shape index (κ1) is 15.2. The normalized spacial score (nSPS) is 14.7. The van der Waals surface area contributed by atoms with Gasteiger partial charge in [0.15, 0.2) is 0 Å². The zero-order chi connectivity index (χ0) is 14.2. The van der Waals surface area contributed by atoms with Crippen LogP contribution in [0.15, 0.2) is 24.3 Å². The molecule has 2 amide bonds. The number of aryl methyl sites for hydroxylation is 1. The standard InChI is InChI=1S/C16H24N2OS/c1-13-5-2-6-14(11-13)12-20-10-4-9-17-16(19)18-15-7-3-8-15/h2,5-6,11,15H,3-4,7-10,12H2,1H3,(H2,17,18,19). The van der Waals surface area contributed by atoms with Gasteiger partial charge in [-0.15, -0.1) is 0 Å². The fourth-order valence-corrected chi connectivity index (χ4v) is 3.07. The molecule has 0 unspecified atom stereocenters. The van der Waals surface area contributed by atoms with Crippen LogP contribution in [-0.4, -0.2) is 24.4 Å². The summed E-state index contributed by atoms with van der Waals surface area (Å²) < 4.78 is 0. The molecule has 0 bridgehead atoms. The maximum absolute atomic E-state index is 11.5. The molecule has 0 atom stereocenters. The summed E-state index contributed by atoms with van der Waals surface area (Å²) >= 11 is 1.92. The van der Waals surface area contributed by atoms with Crippen LogP contribution in [0.2, 0.25) is 0 Å². The quantitative estimate of drug-likeness (QED) is 0.756. The molecule has 1 aromatic carbocycles. The molecule has 110 valence electrons. The van der Waals surface area contributed by atoms with E-state index in [2.05, 4.69) is 41.8 Å². The molecule has 0 saturated heterocycles. The Kier molecular flexibility index (Phi) is 6.25. The zero-order valence-electron chi connectivity index (χ0n) is 12.2. The SMILES string of the molecule is Cc1cccc(CSCCCNC(=O)NC2CCC2)c1. The molecular formula is C16H24N2OS. The van der Waals surface area contributed by atoms with E-state index in [0.29, 0.717) is 6.04 Å². The van der Waals surface area contributed by atoms with Crippen molar-refractivity contribution in [3.8, 4) is 0 Å². The van der Waals surface area contributed by atoms with E-state index in [9.17, 15) is 4.79 Å². The third-order valence-electron chi connectivity index (χ3n) is 3.54. The molecule has 1 saturated carbocycles. The predicted octanol–water partition coefficient (Wildman–Crippen LogP) is 3.47. The summed E-state index contributed by atoms with van der Waals surface area (Å²) in [5.41, 5.74) is 2.70. The number of hydrogen-bond donors (Lipinski definition) is 2. The number of thioether (sulfide) groups is 1. The lowest BCUT2D eigenvalue weighted by Crippen LogP contribution is -2.45. The number of carbonyl (C=O) groups excluding carboxylic acids is 1. The minimum atomic E-state index is -0.00150. The number of benzene rings is 1. The summed E-state index contributed by atoms with van der Waals surface area (Å²) in [5.74, 6) is 2.13. The van der Waals surface area contributed by atoms with Gasteiger partial charge in [-0.2, -0.15) is 11.8 Å². The number of nitrogens with one attached hydrogen (secondary N) is 2. The second kappa shape index (κ2) is 8.20. The topological polar surface area (TPSA) is 41.1 Å². The van der Waals surface area contributed by atoms with Crippen LogP contribution in [0.3, 0.4) is 0 Å². The van der Waals surface area contributed by atoms with Gasteiger partial charge >= 0.3 is 6.03 Å². The number of urea groups is 1. The van der Waals surface area contributed by atoms with Crippen molar-refractivity contribution in [2.45, 2.75) is 44.4 Å². The molecule has 0 aliphatic heterocycles. The van der Waals surface area contributed by atoms with Crippen molar-refractivity contribution >= 4 is 17.8 Å². The van der Waals surface area contributed by atoms with Gasteiger partial charge in [0.05, 0.1) is 0 Å². The lowest BCUT2D eigenvalue weighted by Gasteiger charge is -2.26. The van der Waals surface area contributed by atoms with Gasteiger partial charge in [-0.05, 0) is 43.9 Å². The van der Waals surface area contributed by atoms with E-state index >= 15 is 0 Å². The Morgan fingerprint density at radius 2 is 2.25 bits per heavy atom. The molecule has 20 heavy (non-hydrogen) atoms.